The number of hydrogen-bond acceptors (Lipinski definition) is 3. The molecular weight excluding hydrogens is 338 g/mol. The maximum Gasteiger partial charge on any atom is 0.230 e. The number of thiocarbonyl (C=S) groups is 1. The highest BCUT2D eigenvalue weighted by Gasteiger charge is 2.06. The molecule has 1 amide bonds. The van der Waals surface area contributed by atoms with E-state index in [0.29, 0.717) is 5.82 Å². The van der Waals surface area contributed by atoms with Crippen molar-refractivity contribution in [3.63, 3.8) is 0 Å². The number of halogens is 1. The van der Waals surface area contributed by atoms with Gasteiger partial charge in [-0.15, -0.1) is 0 Å². The van der Waals surface area contributed by atoms with Crippen molar-refractivity contribution >= 4 is 45.0 Å². The number of nitrogens with zero attached hydrogens (tertiary/aromatic N) is 1. The molecule has 0 aliphatic heterocycles. The fourth-order valence-electron chi connectivity index (χ4n) is 1.55. The summed E-state index contributed by atoms with van der Waals surface area (Å²) in [7, 11) is 0. The van der Waals surface area contributed by atoms with Gasteiger partial charge in [0.15, 0.2) is 5.11 Å². The van der Waals surface area contributed by atoms with Gasteiger partial charge in [0, 0.05) is 10.7 Å². The molecule has 4 nitrogen and oxygen atoms in total. The van der Waals surface area contributed by atoms with Crippen LogP contribution in [0.3, 0.4) is 0 Å². The van der Waals surface area contributed by atoms with Gasteiger partial charge in [0.1, 0.15) is 5.82 Å². The second-order valence-electron chi connectivity index (χ2n) is 4.03. The Morgan fingerprint density at radius 3 is 2.60 bits per heavy atom. The smallest absolute Gasteiger partial charge is 0.230 e. The average molecular weight is 350 g/mol. The molecule has 102 valence electrons. The maximum absolute atomic E-state index is 11.8. The summed E-state index contributed by atoms with van der Waals surface area (Å²) in [6.07, 6.45) is 1.94. The molecule has 0 aliphatic carbocycles. The molecule has 0 aliphatic rings. The van der Waals surface area contributed by atoms with Crippen molar-refractivity contribution in [2.45, 2.75) is 6.42 Å². The maximum atomic E-state index is 11.8. The molecule has 2 N–H and O–H groups in total. The highest BCUT2D eigenvalue weighted by Crippen LogP contribution is 2.10. The van der Waals surface area contributed by atoms with Crippen LogP contribution in [0.4, 0.5) is 5.82 Å². The molecule has 0 bridgehead atoms. The first-order chi connectivity index (χ1) is 9.63. The number of rotatable bonds is 3. The standard InChI is InChI=1S/C14H12BrN3OS/c15-11-6-7-12(16-9-11)17-14(20)18-13(19)8-10-4-2-1-3-5-10/h1-7,9H,8H2,(H2,16,17,18,19,20). The van der Waals surface area contributed by atoms with Crippen LogP contribution in [0.1, 0.15) is 5.56 Å². The number of benzene rings is 1. The van der Waals surface area contributed by atoms with E-state index in [2.05, 4.69) is 31.5 Å². The third-order valence-corrected chi connectivity index (χ3v) is 3.10. The summed E-state index contributed by atoms with van der Waals surface area (Å²) in [5, 5.41) is 5.71. The minimum Gasteiger partial charge on any atom is -0.317 e. The quantitative estimate of drug-likeness (QED) is 0.836. The SMILES string of the molecule is O=C(Cc1ccccc1)NC(=S)Nc1ccc(Br)cn1. The first-order valence-corrected chi connectivity index (χ1v) is 7.10. The van der Waals surface area contributed by atoms with E-state index in [1.54, 1.807) is 12.3 Å². The molecule has 1 heterocycles. The Morgan fingerprint density at radius 2 is 1.95 bits per heavy atom. The van der Waals surface area contributed by atoms with Gasteiger partial charge in [-0.25, -0.2) is 4.98 Å². The van der Waals surface area contributed by atoms with Crippen LogP contribution in [0, 0.1) is 0 Å². The molecular formula is C14H12BrN3OS. The van der Waals surface area contributed by atoms with Crippen LogP contribution in [0.15, 0.2) is 53.1 Å². The Balaban J connectivity index is 1.85. The summed E-state index contributed by atoms with van der Waals surface area (Å²) in [5.41, 5.74) is 0.939. The van der Waals surface area contributed by atoms with Crippen LogP contribution >= 0.6 is 28.1 Å². The lowest BCUT2D eigenvalue weighted by Gasteiger charge is -2.08. The predicted octanol–water partition coefficient (Wildman–Crippen LogP) is 2.90. The number of pyridine rings is 1. The third-order valence-electron chi connectivity index (χ3n) is 2.43. The number of anilines is 1. The van der Waals surface area contributed by atoms with Gasteiger partial charge < -0.3 is 10.6 Å². The van der Waals surface area contributed by atoms with E-state index in [9.17, 15) is 4.79 Å². The van der Waals surface area contributed by atoms with Crippen LogP contribution in [-0.4, -0.2) is 16.0 Å². The van der Waals surface area contributed by atoms with Crippen molar-refractivity contribution in [1.82, 2.24) is 10.3 Å². The van der Waals surface area contributed by atoms with Gasteiger partial charge in [0.2, 0.25) is 5.91 Å². The Labute approximate surface area is 130 Å². The van der Waals surface area contributed by atoms with Crippen molar-refractivity contribution in [2.75, 3.05) is 5.32 Å². The highest BCUT2D eigenvalue weighted by molar-refractivity contribution is 9.10. The minimum absolute atomic E-state index is 0.161. The fourth-order valence-corrected chi connectivity index (χ4v) is 2.00. The zero-order valence-corrected chi connectivity index (χ0v) is 12.9. The largest absolute Gasteiger partial charge is 0.317 e. The summed E-state index contributed by atoms with van der Waals surface area (Å²) in [4.78, 5) is 15.9. The Hall–Kier alpha value is -1.79. The lowest BCUT2D eigenvalue weighted by Crippen LogP contribution is -2.35. The van der Waals surface area contributed by atoms with Crippen molar-refractivity contribution in [3.05, 3.63) is 58.7 Å². The minimum atomic E-state index is -0.161. The first kappa shape index (κ1) is 14.6. The Kier molecular flexibility index (Phi) is 5.20. The van der Waals surface area contributed by atoms with Gasteiger partial charge in [-0.3, -0.25) is 4.79 Å². The number of nitrogens with one attached hydrogen (secondary N) is 2. The molecule has 1 aromatic carbocycles. The Morgan fingerprint density at radius 1 is 1.20 bits per heavy atom. The predicted molar refractivity (Wildman–Crippen MR) is 86.4 cm³/mol. The van der Waals surface area contributed by atoms with E-state index in [1.165, 1.54) is 0 Å². The molecule has 6 heteroatoms. The molecule has 0 saturated carbocycles. The first-order valence-electron chi connectivity index (χ1n) is 5.90. The summed E-state index contributed by atoms with van der Waals surface area (Å²) in [6.45, 7) is 0. The fraction of sp³-hybridized carbons (Fsp3) is 0.0714. The molecule has 0 spiro atoms. The van der Waals surface area contributed by atoms with Crippen LogP contribution in [0.5, 0.6) is 0 Å². The topological polar surface area (TPSA) is 54.0 Å². The monoisotopic (exact) mass is 349 g/mol. The molecule has 0 fully saturated rings. The van der Waals surface area contributed by atoms with Crippen molar-refractivity contribution in [1.29, 1.82) is 0 Å². The van der Waals surface area contributed by atoms with E-state index in [1.807, 2.05) is 36.4 Å². The number of aromatic nitrogens is 1. The van der Waals surface area contributed by atoms with Crippen LogP contribution in [0.25, 0.3) is 0 Å². The molecule has 20 heavy (non-hydrogen) atoms. The van der Waals surface area contributed by atoms with Crippen LogP contribution in [-0.2, 0) is 11.2 Å². The van der Waals surface area contributed by atoms with E-state index < -0.39 is 0 Å². The molecule has 2 rings (SSSR count). The normalized spacial score (nSPS) is 9.85. The van der Waals surface area contributed by atoms with Crippen molar-refractivity contribution < 1.29 is 4.79 Å². The number of carbonyl (C=O) groups excluding carboxylic acids is 1. The van der Waals surface area contributed by atoms with Gasteiger partial charge in [0.25, 0.3) is 0 Å². The lowest BCUT2D eigenvalue weighted by molar-refractivity contribution is -0.119. The molecule has 0 radical (unpaired) electrons. The molecule has 1 aromatic heterocycles. The number of hydrogen-bond donors (Lipinski definition) is 2. The average Bonchev–Trinajstić information content (AvgIpc) is 2.42. The summed E-state index contributed by atoms with van der Waals surface area (Å²) >= 11 is 8.36. The van der Waals surface area contributed by atoms with Gasteiger partial charge >= 0.3 is 0 Å². The van der Waals surface area contributed by atoms with Crippen LogP contribution < -0.4 is 10.6 Å². The Bertz CT molecular complexity index is 602. The lowest BCUT2D eigenvalue weighted by atomic mass is 10.1. The number of carbonyl (C=O) groups is 1. The van der Waals surface area contributed by atoms with Crippen molar-refractivity contribution in [3.8, 4) is 0 Å². The second-order valence-corrected chi connectivity index (χ2v) is 5.35. The molecule has 0 unspecified atom stereocenters. The van der Waals surface area contributed by atoms with Gasteiger partial charge in [-0.2, -0.15) is 0 Å². The molecule has 0 saturated heterocycles. The van der Waals surface area contributed by atoms with Crippen molar-refractivity contribution in [2.24, 2.45) is 0 Å². The van der Waals surface area contributed by atoms with Gasteiger partial charge in [0.05, 0.1) is 6.42 Å². The van der Waals surface area contributed by atoms with Gasteiger partial charge in [-0.05, 0) is 45.8 Å². The number of amides is 1. The molecule has 0 atom stereocenters. The van der Waals surface area contributed by atoms with E-state index >= 15 is 0 Å². The summed E-state index contributed by atoms with van der Waals surface area (Å²) in [6, 6.07) is 13.1. The summed E-state index contributed by atoms with van der Waals surface area (Å²) in [5.74, 6) is 0.420. The van der Waals surface area contributed by atoms with E-state index in [-0.39, 0.29) is 17.4 Å². The van der Waals surface area contributed by atoms with Crippen LogP contribution in [0.2, 0.25) is 0 Å². The summed E-state index contributed by atoms with van der Waals surface area (Å²) < 4.78 is 0.877. The second kappa shape index (κ2) is 7.12. The van der Waals surface area contributed by atoms with E-state index in [4.69, 9.17) is 12.2 Å². The van der Waals surface area contributed by atoms with Gasteiger partial charge in [-0.1, -0.05) is 30.3 Å². The third kappa shape index (κ3) is 4.71. The van der Waals surface area contributed by atoms with E-state index in [0.717, 1.165) is 10.0 Å². The zero-order chi connectivity index (χ0) is 14.4. The highest BCUT2D eigenvalue weighted by atomic mass is 79.9. The zero-order valence-electron chi connectivity index (χ0n) is 10.5. The molecule has 2 aromatic rings.